The van der Waals surface area contributed by atoms with Gasteiger partial charge in [0.25, 0.3) is 5.91 Å². The number of rotatable bonds is 5. The third-order valence-corrected chi connectivity index (χ3v) is 5.37. The van der Waals surface area contributed by atoms with E-state index in [1.165, 1.54) is 17.2 Å². The first-order valence-corrected chi connectivity index (χ1v) is 9.81. The number of ketones is 1. The second-order valence-corrected chi connectivity index (χ2v) is 7.53. The molecule has 1 aliphatic heterocycles. The molecule has 1 aromatic carbocycles. The van der Waals surface area contributed by atoms with Crippen LogP contribution in [0.15, 0.2) is 87.4 Å². The molecule has 8 heteroatoms. The van der Waals surface area contributed by atoms with Crippen LogP contribution in [0.5, 0.6) is 0 Å². The van der Waals surface area contributed by atoms with Gasteiger partial charge in [-0.3, -0.25) is 14.6 Å². The van der Waals surface area contributed by atoms with Crippen LogP contribution >= 0.6 is 11.6 Å². The number of carbonyl (C=O) groups excluding carboxylic acids is 2. The average molecular weight is 435 g/mol. The fourth-order valence-corrected chi connectivity index (χ4v) is 3.92. The summed E-state index contributed by atoms with van der Waals surface area (Å²) in [5.74, 6) is -1.56. The van der Waals surface area contributed by atoms with E-state index in [-0.39, 0.29) is 17.9 Å². The maximum absolute atomic E-state index is 13.4. The van der Waals surface area contributed by atoms with Crippen molar-refractivity contribution >= 4 is 34.3 Å². The van der Waals surface area contributed by atoms with E-state index in [0.29, 0.717) is 21.8 Å². The number of halogens is 1. The van der Waals surface area contributed by atoms with Crippen molar-refractivity contribution in [3.05, 3.63) is 101 Å². The van der Waals surface area contributed by atoms with Gasteiger partial charge in [0.15, 0.2) is 11.5 Å². The minimum Gasteiger partial charge on any atom is -0.503 e. The SMILES string of the molecule is O=C(C1=C(O)C(=O)N(Cc2cccnc2)C1c1ccco1)c1cc2cc(Cl)ccc2o1. The van der Waals surface area contributed by atoms with Gasteiger partial charge in [-0.1, -0.05) is 17.7 Å². The van der Waals surface area contributed by atoms with Gasteiger partial charge in [0.2, 0.25) is 5.78 Å². The molecule has 31 heavy (non-hydrogen) atoms. The summed E-state index contributed by atoms with van der Waals surface area (Å²) in [5, 5.41) is 11.8. The van der Waals surface area contributed by atoms with Crippen molar-refractivity contribution in [1.82, 2.24) is 9.88 Å². The molecule has 0 radical (unpaired) electrons. The van der Waals surface area contributed by atoms with Crippen LogP contribution in [0.3, 0.4) is 0 Å². The summed E-state index contributed by atoms with van der Waals surface area (Å²) in [6, 6.07) is 12.5. The number of hydrogen-bond acceptors (Lipinski definition) is 6. The molecule has 4 aromatic rings. The van der Waals surface area contributed by atoms with E-state index in [1.54, 1.807) is 54.9 Å². The number of furan rings is 2. The molecule has 0 fully saturated rings. The van der Waals surface area contributed by atoms with Crippen LogP contribution in [0.2, 0.25) is 5.02 Å². The zero-order valence-corrected chi connectivity index (χ0v) is 16.7. The number of carbonyl (C=O) groups is 2. The van der Waals surface area contributed by atoms with Crippen LogP contribution in [0.1, 0.15) is 27.9 Å². The first kappa shape index (κ1) is 19.1. The Hall–Kier alpha value is -3.84. The molecule has 1 N–H and O–H groups in total. The summed E-state index contributed by atoms with van der Waals surface area (Å²) in [6.45, 7) is 0.134. The van der Waals surface area contributed by atoms with Gasteiger partial charge in [0, 0.05) is 29.3 Å². The Kier molecular flexibility index (Phi) is 4.60. The lowest BCUT2D eigenvalue weighted by atomic mass is 9.99. The molecule has 5 rings (SSSR count). The zero-order chi connectivity index (χ0) is 21.5. The summed E-state index contributed by atoms with van der Waals surface area (Å²) < 4.78 is 11.2. The lowest BCUT2D eigenvalue weighted by Crippen LogP contribution is -2.30. The van der Waals surface area contributed by atoms with Crippen molar-refractivity contribution < 1.29 is 23.5 Å². The Labute approximate surface area is 181 Å². The molecule has 1 atom stereocenters. The monoisotopic (exact) mass is 434 g/mol. The molecule has 1 unspecified atom stereocenters. The molecule has 0 spiro atoms. The summed E-state index contributed by atoms with van der Waals surface area (Å²) in [5.41, 5.74) is 1.11. The molecule has 1 amide bonds. The van der Waals surface area contributed by atoms with Crippen LogP contribution < -0.4 is 0 Å². The first-order valence-electron chi connectivity index (χ1n) is 9.43. The Morgan fingerprint density at radius 2 is 2.06 bits per heavy atom. The normalized spacial score (nSPS) is 16.5. The number of amides is 1. The topological polar surface area (TPSA) is 96.8 Å². The smallest absolute Gasteiger partial charge is 0.290 e. The van der Waals surface area contributed by atoms with Crippen molar-refractivity contribution in [3.63, 3.8) is 0 Å². The Balaban J connectivity index is 1.58. The largest absolute Gasteiger partial charge is 0.503 e. The summed E-state index contributed by atoms with van der Waals surface area (Å²) in [6.07, 6.45) is 4.69. The summed E-state index contributed by atoms with van der Waals surface area (Å²) in [4.78, 5) is 31.8. The van der Waals surface area contributed by atoms with Crippen LogP contribution in [-0.4, -0.2) is 26.7 Å². The predicted octanol–water partition coefficient (Wildman–Crippen LogP) is 4.85. The number of Topliss-reactive ketones (excluding diaryl/α,β-unsaturated/α-hetero) is 1. The number of fused-ring (bicyclic) bond motifs is 1. The van der Waals surface area contributed by atoms with E-state index < -0.39 is 23.5 Å². The van der Waals surface area contributed by atoms with Gasteiger partial charge in [-0.05, 0) is 48.0 Å². The van der Waals surface area contributed by atoms with Gasteiger partial charge in [0.1, 0.15) is 17.4 Å². The molecular weight excluding hydrogens is 420 g/mol. The summed E-state index contributed by atoms with van der Waals surface area (Å²) in [7, 11) is 0. The highest BCUT2D eigenvalue weighted by Crippen LogP contribution is 2.40. The van der Waals surface area contributed by atoms with E-state index >= 15 is 0 Å². The highest BCUT2D eigenvalue weighted by Gasteiger charge is 2.45. The molecular formula is C23H15ClN2O5. The number of benzene rings is 1. The van der Waals surface area contributed by atoms with E-state index in [0.717, 1.165) is 5.56 Å². The fraction of sp³-hybridized carbons (Fsp3) is 0.0870. The quantitative estimate of drug-likeness (QED) is 0.451. The lowest BCUT2D eigenvalue weighted by molar-refractivity contribution is -0.130. The van der Waals surface area contributed by atoms with E-state index in [4.69, 9.17) is 20.4 Å². The molecule has 0 saturated carbocycles. The van der Waals surface area contributed by atoms with Gasteiger partial charge >= 0.3 is 0 Å². The number of pyridine rings is 1. The Morgan fingerprint density at radius 3 is 2.81 bits per heavy atom. The molecule has 4 heterocycles. The number of aliphatic hydroxyl groups is 1. The van der Waals surface area contributed by atoms with Crippen molar-refractivity contribution in [1.29, 1.82) is 0 Å². The van der Waals surface area contributed by atoms with Crippen LogP contribution in [0.4, 0.5) is 0 Å². The third-order valence-electron chi connectivity index (χ3n) is 5.14. The van der Waals surface area contributed by atoms with Crippen molar-refractivity contribution in [2.24, 2.45) is 0 Å². The van der Waals surface area contributed by atoms with Crippen LogP contribution in [0.25, 0.3) is 11.0 Å². The van der Waals surface area contributed by atoms with Crippen LogP contribution in [-0.2, 0) is 11.3 Å². The number of nitrogens with zero attached hydrogens (tertiary/aromatic N) is 2. The standard InChI is InChI=1S/C23H15ClN2O5/c24-15-5-6-16-14(9-15)10-18(31-16)21(27)19-20(17-4-2-8-30-17)26(23(29)22(19)28)12-13-3-1-7-25-11-13/h1-11,20,28H,12H2. The molecule has 0 bridgehead atoms. The highest BCUT2D eigenvalue weighted by molar-refractivity contribution is 6.31. The molecule has 7 nitrogen and oxygen atoms in total. The average Bonchev–Trinajstić information content (AvgIpc) is 3.49. The number of aromatic nitrogens is 1. The minimum absolute atomic E-state index is 0.00796. The fourth-order valence-electron chi connectivity index (χ4n) is 3.74. The molecule has 154 valence electrons. The first-order chi connectivity index (χ1) is 15.0. The lowest BCUT2D eigenvalue weighted by Gasteiger charge is -2.24. The van der Waals surface area contributed by atoms with E-state index in [9.17, 15) is 14.7 Å². The molecule has 0 aliphatic carbocycles. The Bertz CT molecular complexity index is 1320. The minimum atomic E-state index is -0.910. The van der Waals surface area contributed by atoms with Crippen LogP contribution in [0, 0.1) is 0 Å². The second kappa shape index (κ2) is 7.45. The zero-order valence-electron chi connectivity index (χ0n) is 16.0. The number of hydrogen-bond donors (Lipinski definition) is 1. The van der Waals surface area contributed by atoms with Gasteiger partial charge in [-0.15, -0.1) is 0 Å². The van der Waals surface area contributed by atoms with Gasteiger partial charge in [-0.2, -0.15) is 0 Å². The van der Waals surface area contributed by atoms with Gasteiger partial charge in [-0.25, -0.2) is 0 Å². The van der Waals surface area contributed by atoms with Crippen molar-refractivity contribution in [2.45, 2.75) is 12.6 Å². The predicted molar refractivity (Wildman–Crippen MR) is 111 cm³/mol. The maximum Gasteiger partial charge on any atom is 0.290 e. The Morgan fingerprint density at radius 1 is 1.19 bits per heavy atom. The third kappa shape index (κ3) is 3.29. The van der Waals surface area contributed by atoms with Crippen molar-refractivity contribution in [2.75, 3.05) is 0 Å². The molecule has 1 aliphatic rings. The number of aliphatic hydroxyl groups excluding tert-OH is 1. The molecule has 0 saturated heterocycles. The van der Waals surface area contributed by atoms with Crippen molar-refractivity contribution in [3.8, 4) is 0 Å². The van der Waals surface area contributed by atoms with Gasteiger partial charge in [0.05, 0.1) is 11.8 Å². The second-order valence-electron chi connectivity index (χ2n) is 7.10. The van der Waals surface area contributed by atoms with E-state index in [2.05, 4.69) is 4.98 Å². The highest BCUT2D eigenvalue weighted by atomic mass is 35.5. The van der Waals surface area contributed by atoms with E-state index in [1.807, 2.05) is 0 Å². The van der Waals surface area contributed by atoms with Gasteiger partial charge < -0.3 is 18.8 Å². The summed E-state index contributed by atoms with van der Waals surface area (Å²) >= 11 is 6.02. The maximum atomic E-state index is 13.4. The molecule has 3 aromatic heterocycles.